The number of carbonyl (C=O) groups excluding carboxylic acids is 2. The number of esters is 1. The van der Waals surface area contributed by atoms with Gasteiger partial charge in [0.05, 0.1) is 5.57 Å². The fourth-order valence-corrected chi connectivity index (χ4v) is 3.07. The minimum atomic E-state index is -0.532. The van der Waals surface area contributed by atoms with Gasteiger partial charge in [0.25, 0.3) is 5.91 Å². The van der Waals surface area contributed by atoms with Crippen molar-refractivity contribution in [3.8, 4) is 5.75 Å². The Morgan fingerprint density at radius 3 is 2.63 bits per heavy atom. The number of para-hydroxylation sites is 1. The molecule has 2 aromatic carbocycles. The minimum absolute atomic E-state index is 0.141. The Labute approximate surface area is 163 Å². The van der Waals surface area contributed by atoms with Crippen LogP contribution in [0.5, 0.6) is 5.75 Å². The number of carbonyl (C=O) groups is 2. The number of hydrogen-bond acceptors (Lipinski definition) is 5. The maximum Gasteiger partial charge on any atom is 0.338 e. The summed E-state index contributed by atoms with van der Waals surface area (Å²) in [6.07, 6.45) is 3.76. The van der Waals surface area contributed by atoms with Gasteiger partial charge in [-0.25, -0.2) is 4.79 Å². The zero-order chi connectivity index (χ0) is 19.2. The van der Waals surface area contributed by atoms with Gasteiger partial charge in [0, 0.05) is 24.1 Å². The van der Waals surface area contributed by atoms with Gasteiger partial charge in [0.2, 0.25) is 0 Å². The van der Waals surface area contributed by atoms with Crippen molar-refractivity contribution in [3.05, 3.63) is 65.2 Å². The van der Waals surface area contributed by atoms with E-state index in [0.717, 1.165) is 16.9 Å². The molecule has 6 heteroatoms. The van der Waals surface area contributed by atoms with Crippen LogP contribution in [0.15, 0.2) is 59.0 Å². The number of rotatable bonds is 6. The van der Waals surface area contributed by atoms with E-state index in [2.05, 4.69) is 0 Å². The van der Waals surface area contributed by atoms with Crippen molar-refractivity contribution in [1.82, 2.24) is 4.90 Å². The van der Waals surface area contributed by atoms with Crippen LogP contribution in [0.2, 0.25) is 0 Å². The summed E-state index contributed by atoms with van der Waals surface area (Å²) in [4.78, 5) is 27.2. The van der Waals surface area contributed by atoms with E-state index in [0.29, 0.717) is 12.1 Å². The average Bonchev–Trinajstić information content (AvgIpc) is 2.71. The van der Waals surface area contributed by atoms with Crippen molar-refractivity contribution >= 4 is 29.7 Å². The van der Waals surface area contributed by atoms with Crippen LogP contribution in [-0.4, -0.2) is 43.3 Å². The standard InChI is InChI=1S/C21H21NO4S/c1-22(12-15-7-9-18(27-2)10-8-15)20(23)14-26-21(24)17-11-16-5-3-4-6-19(16)25-13-17/h3-11H,12-14H2,1-2H3. The van der Waals surface area contributed by atoms with Crippen molar-refractivity contribution in [1.29, 1.82) is 0 Å². The second-order valence-electron chi connectivity index (χ2n) is 6.17. The van der Waals surface area contributed by atoms with Crippen LogP contribution < -0.4 is 4.74 Å². The predicted molar refractivity (Wildman–Crippen MR) is 106 cm³/mol. The molecule has 1 aliphatic rings. The molecule has 0 aliphatic carbocycles. The summed E-state index contributed by atoms with van der Waals surface area (Å²) in [6, 6.07) is 15.5. The summed E-state index contributed by atoms with van der Waals surface area (Å²) in [5, 5.41) is 0. The molecule has 0 fully saturated rings. The lowest BCUT2D eigenvalue weighted by molar-refractivity contribution is -0.148. The molecular formula is C21H21NO4S. The number of likely N-dealkylation sites (N-methyl/N-ethyl adjacent to an activating group) is 1. The highest BCUT2D eigenvalue weighted by Crippen LogP contribution is 2.26. The van der Waals surface area contributed by atoms with Crippen LogP contribution in [0.25, 0.3) is 6.08 Å². The average molecular weight is 383 g/mol. The first-order valence-electron chi connectivity index (χ1n) is 8.53. The van der Waals surface area contributed by atoms with Crippen molar-refractivity contribution < 1.29 is 19.1 Å². The molecule has 1 amide bonds. The van der Waals surface area contributed by atoms with Gasteiger partial charge in [0.1, 0.15) is 12.4 Å². The van der Waals surface area contributed by atoms with Crippen LogP contribution in [-0.2, 0) is 20.9 Å². The highest BCUT2D eigenvalue weighted by molar-refractivity contribution is 7.98. The molecule has 3 rings (SSSR count). The summed E-state index contributed by atoms with van der Waals surface area (Å²) in [5.41, 5.74) is 2.25. The van der Waals surface area contributed by atoms with Gasteiger partial charge in [0.15, 0.2) is 6.61 Å². The molecule has 5 nitrogen and oxygen atoms in total. The van der Waals surface area contributed by atoms with Gasteiger partial charge in [-0.2, -0.15) is 0 Å². The molecule has 0 saturated carbocycles. The van der Waals surface area contributed by atoms with Gasteiger partial charge in [-0.05, 0) is 36.1 Å². The van der Waals surface area contributed by atoms with E-state index in [4.69, 9.17) is 9.47 Å². The SMILES string of the molecule is CSc1ccc(CN(C)C(=O)COC(=O)C2=Cc3ccccc3OC2)cc1. The normalized spacial score (nSPS) is 12.4. The molecule has 1 heterocycles. The molecule has 0 bridgehead atoms. The first-order valence-corrected chi connectivity index (χ1v) is 9.75. The third kappa shape index (κ3) is 4.92. The van der Waals surface area contributed by atoms with Crippen LogP contribution in [0.3, 0.4) is 0 Å². The highest BCUT2D eigenvalue weighted by atomic mass is 32.2. The van der Waals surface area contributed by atoms with Crippen LogP contribution in [0, 0.1) is 0 Å². The van der Waals surface area contributed by atoms with Crippen LogP contribution in [0.1, 0.15) is 11.1 Å². The van der Waals surface area contributed by atoms with E-state index in [9.17, 15) is 9.59 Å². The number of hydrogen-bond donors (Lipinski definition) is 0. The van der Waals surface area contributed by atoms with Crippen molar-refractivity contribution in [2.75, 3.05) is 26.5 Å². The Kier molecular flexibility index (Phi) is 6.19. The number of benzene rings is 2. The summed E-state index contributed by atoms with van der Waals surface area (Å²) in [5.74, 6) is -0.0528. The minimum Gasteiger partial charge on any atom is -0.488 e. The van der Waals surface area contributed by atoms with Gasteiger partial charge in [-0.1, -0.05) is 30.3 Å². The molecule has 0 aromatic heterocycles. The molecule has 0 N–H and O–H groups in total. The third-order valence-electron chi connectivity index (χ3n) is 4.23. The van der Waals surface area contributed by atoms with E-state index in [1.807, 2.05) is 54.8 Å². The van der Waals surface area contributed by atoms with Crippen molar-refractivity contribution in [2.45, 2.75) is 11.4 Å². The molecule has 0 radical (unpaired) electrons. The Hall–Kier alpha value is -2.73. The van der Waals surface area contributed by atoms with Gasteiger partial charge < -0.3 is 14.4 Å². The summed E-state index contributed by atoms with van der Waals surface area (Å²) >= 11 is 1.67. The fraction of sp³-hybridized carbons (Fsp3) is 0.238. The molecule has 0 saturated heterocycles. The monoisotopic (exact) mass is 383 g/mol. The van der Waals surface area contributed by atoms with Gasteiger partial charge >= 0.3 is 5.97 Å². The molecule has 1 aliphatic heterocycles. The third-order valence-corrected chi connectivity index (χ3v) is 4.97. The zero-order valence-electron chi connectivity index (χ0n) is 15.3. The van der Waals surface area contributed by atoms with E-state index >= 15 is 0 Å². The molecular weight excluding hydrogens is 362 g/mol. The van der Waals surface area contributed by atoms with Crippen molar-refractivity contribution in [3.63, 3.8) is 0 Å². The van der Waals surface area contributed by atoms with E-state index in [-0.39, 0.29) is 19.1 Å². The highest BCUT2D eigenvalue weighted by Gasteiger charge is 2.20. The Balaban J connectivity index is 1.52. The topological polar surface area (TPSA) is 55.8 Å². The maximum atomic E-state index is 12.2. The predicted octanol–water partition coefficient (Wildman–Crippen LogP) is 3.39. The van der Waals surface area contributed by atoms with Crippen molar-refractivity contribution in [2.24, 2.45) is 0 Å². The van der Waals surface area contributed by atoms with Crippen LogP contribution in [0.4, 0.5) is 0 Å². The second kappa shape index (κ2) is 8.77. The molecule has 0 spiro atoms. The fourth-order valence-electron chi connectivity index (χ4n) is 2.66. The van der Waals surface area contributed by atoms with Gasteiger partial charge in [-0.3, -0.25) is 4.79 Å². The first-order chi connectivity index (χ1) is 13.1. The lowest BCUT2D eigenvalue weighted by Crippen LogP contribution is -2.31. The number of ether oxygens (including phenoxy) is 2. The number of amides is 1. The Bertz CT molecular complexity index is 861. The lowest BCUT2D eigenvalue weighted by Gasteiger charge is -2.19. The van der Waals surface area contributed by atoms with E-state index < -0.39 is 5.97 Å². The summed E-state index contributed by atoms with van der Waals surface area (Å²) in [6.45, 7) is 0.309. The molecule has 0 atom stereocenters. The summed E-state index contributed by atoms with van der Waals surface area (Å²) < 4.78 is 10.7. The summed E-state index contributed by atoms with van der Waals surface area (Å²) in [7, 11) is 1.69. The Morgan fingerprint density at radius 2 is 1.89 bits per heavy atom. The Morgan fingerprint density at radius 1 is 1.15 bits per heavy atom. The lowest BCUT2D eigenvalue weighted by atomic mass is 10.1. The number of nitrogens with zero attached hydrogens (tertiary/aromatic N) is 1. The number of fused-ring (bicyclic) bond motifs is 1. The molecule has 140 valence electrons. The quantitative estimate of drug-likeness (QED) is 0.565. The number of thioether (sulfide) groups is 1. The zero-order valence-corrected chi connectivity index (χ0v) is 16.1. The molecule has 27 heavy (non-hydrogen) atoms. The van der Waals surface area contributed by atoms with E-state index in [1.54, 1.807) is 29.8 Å². The second-order valence-corrected chi connectivity index (χ2v) is 7.05. The molecule has 2 aromatic rings. The van der Waals surface area contributed by atoms with Gasteiger partial charge in [-0.15, -0.1) is 11.8 Å². The van der Waals surface area contributed by atoms with Crippen LogP contribution >= 0.6 is 11.8 Å². The molecule has 0 unspecified atom stereocenters. The van der Waals surface area contributed by atoms with E-state index in [1.165, 1.54) is 4.90 Å². The first kappa shape index (κ1) is 19.0. The largest absolute Gasteiger partial charge is 0.488 e. The smallest absolute Gasteiger partial charge is 0.338 e. The maximum absolute atomic E-state index is 12.2.